The number of halogens is 6. The molecule has 2 aromatic rings. The van der Waals surface area contributed by atoms with Crippen LogP contribution in [0.4, 0.5) is 26.3 Å². The first-order chi connectivity index (χ1) is 20.9. The third kappa shape index (κ3) is 7.98. The van der Waals surface area contributed by atoms with Gasteiger partial charge in [0.1, 0.15) is 0 Å². The Kier molecular flexibility index (Phi) is 10.9. The Morgan fingerprint density at radius 2 is 1.49 bits per heavy atom. The van der Waals surface area contributed by atoms with E-state index in [1.54, 1.807) is 32.3 Å². The Morgan fingerprint density at radius 3 is 1.96 bits per heavy atom. The topological polar surface area (TPSA) is 15.7 Å². The molecule has 0 unspecified atom stereocenters. The molecule has 2 aromatic carbocycles. The quantitative estimate of drug-likeness (QED) is 0.0889. The summed E-state index contributed by atoms with van der Waals surface area (Å²) in [6.07, 6.45) is -1.91. The van der Waals surface area contributed by atoms with E-state index in [-0.39, 0.29) is 12.0 Å². The SMILES string of the molecule is CC(=C=CCOP1(=[Se])N(C)[C@@H](c2cccc(C(F)(F)F)c2)[C@H](c2cccc(C(F)(F)F)c2)N1C)CCC1=C(C)CCCC1(C)C. The first-order valence-corrected chi connectivity index (χ1v) is 18.8. The zero-order valence-electron chi connectivity index (χ0n) is 26.5. The minimum absolute atomic E-state index is 0.171. The fraction of sp³-hybridized carbons (Fsp3) is 0.500. The Hall–Kier alpha value is -1.89. The van der Waals surface area contributed by atoms with Crippen LogP contribution in [0.1, 0.15) is 94.1 Å². The summed E-state index contributed by atoms with van der Waals surface area (Å²) in [5, 5.41) is 0. The van der Waals surface area contributed by atoms with Gasteiger partial charge in [-0.05, 0) is 0 Å². The van der Waals surface area contributed by atoms with Crippen LogP contribution in [0.25, 0.3) is 0 Å². The van der Waals surface area contributed by atoms with E-state index < -0.39 is 41.6 Å². The van der Waals surface area contributed by atoms with Gasteiger partial charge in [0.15, 0.2) is 0 Å². The molecular weight excluding hydrogens is 676 g/mol. The fourth-order valence-corrected chi connectivity index (χ4v) is 10.6. The van der Waals surface area contributed by atoms with E-state index in [2.05, 4.69) is 41.6 Å². The Morgan fingerprint density at radius 1 is 0.978 bits per heavy atom. The van der Waals surface area contributed by atoms with E-state index in [1.807, 2.05) is 16.3 Å². The van der Waals surface area contributed by atoms with Gasteiger partial charge in [0.25, 0.3) is 0 Å². The monoisotopic (exact) mass is 718 g/mol. The molecule has 1 aliphatic heterocycles. The second-order valence-corrected chi connectivity index (χ2v) is 18.2. The van der Waals surface area contributed by atoms with Crippen LogP contribution in [0.15, 0.2) is 77.1 Å². The molecule has 3 nitrogen and oxygen atoms in total. The summed E-state index contributed by atoms with van der Waals surface area (Å²) in [6, 6.07) is 5.73. The molecule has 2 atom stereocenters. The van der Waals surface area contributed by atoms with Crippen molar-refractivity contribution in [2.45, 2.75) is 84.2 Å². The molecule has 0 spiro atoms. The second-order valence-electron chi connectivity index (χ2n) is 12.7. The molecule has 2 aliphatic rings. The van der Waals surface area contributed by atoms with E-state index in [4.69, 9.17) is 4.52 Å². The number of likely N-dealkylation sites (N-methyl/N-ethyl adjacent to an activating group) is 2. The molecule has 11 heteroatoms. The number of rotatable bonds is 8. The van der Waals surface area contributed by atoms with Crippen LogP contribution in [0.3, 0.4) is 0 Å². The van der Waals surface area contributed by atoms with Gasteiger partial charge in [0.05, 0.1) is 0 Å². The Labute approximate surface area is 270 Å². The minimum atomic E-state index is -4.57. The van der Waals surface area contributed by atoms with E-state index in [0.29, 0.717) is 11.1 Å². The molecule has 45 heavy (non-hydrogen) atoms. The van der Waals surface area contributed by atoms with Crippen molar-refractivity contribution in [3.63, 3.8) is 0 Å². The van der Waals surface area contributed by atoms with Crippen LogP contribution in [-0.2, 0) is 16.9 Å². The molecule has 0 radical (unpaired) electrons. The molecule has 0 saturated carbocycles. The molecule has 0 bridgehead atoms. The van der Waals surface area contributed by atoms with Crippen LogP contribution in [0.5, 0.6) is 0 Å². The van der Waals surface area contributed by atoms with Gasteiger partial charge in [-0.25, -0.2) is 0 Å². The summed E-state index contributed by atoms with van der Waals surface area (Å²) in [5.74, 6) is 0. The number of alkyl halides is 6. The molecule has 1 aliphatic carbocycles. The first kappa shape index (κ1) is 36.0. The number of hydrogen-bond donors (Lipinski definition) is 0. The third-order valence-corrected chi connectivity index (χ3v) is 15.6. The summed E-state index contributed by atoms with van der Waals surface area (Å²) < 4.78 is 92.2. The second kappa shape index (κ2) is 13.7. The molecule has 0 N–H and O–H groups in total. The van der Waals surface area contributed by atoms with Crippen molar-refractivity contribution in [3.05, 3.63) is 99.3 Å². The first-order valence-electron chi connectivity index (χ1n) is 15.0. The van der Waals surface area contributed by atoms with Crippen molar-refractivity contribution in [2.24, 2.45) is 5.41 Å². The van der Waals surface area contributed by atoms with Gasteiger partial charge >= 0.3 is 271 Å². The Balaban J connectivity index is 1.62. The average Bonchev–Trinajstić information content (AvgIpc) is 3.15. The van der Waals surface area contributed by atoms with E-state index in [9.17, 15) is 26.3 Å². The zero-order valence-corrected chi connectivity index (χ0v) is 29.1. The van der Waals surface area contributed by atoms with Gasteiger partial charge in [-0.15, -0.1) is 0 Å². The van der Waals surface area contributed by atoms with Crippen molar-refractivity contribution < 1.29 is 30.9 Å². The van der Waals surface area contributed by atoms with Gasteiger partial charge in [-0.1, -0.05) is 0 Å². The van der Waals surface area contributed by atoms with Gasteiger partial charge in [0.2, 0.25) is 0 Å². The summed E-state index contributed by atoms with van der Waals surface area (Å²) in [5.41, 5.74) is 6.67. The molecule has 246 valence electrons. The number of allylic oxidation sites excluding steroid dienone is 2. The van der Waals surface area contributed by atoms with E-state index >= 15 is 0 Å². The standard InChI is InChI=1S/C34H41F6N2OPSe/c1-23(17-18-29-24(2)12-9-19-32(29,3)4)11-10-20-43-44(45)41(5)30(25-13-7-15-27(21-25)33(35,36)37)31(42(44)6)26-14-8-16-28(22-26)34(38,39)40/h7-8,10,13-16,21-22,30-31H,9,12,17-20H2,1-6H3/t11?,30-,31-/m0/s1. The van der Waals surface area contributed by atoms with Crippen molar-refractivity contribution in [1.82, 2.24) is 9.34 Å². The summed E-state index contributed by atoms with van der Waals surface area (Å²) >= 11 is 3.15. The summed E-state index contributed by atoms with van der Waals surface area (Å²) in [6.45, 7) is 9.05. The third-order valence-electron chi connectivity index (χ3n) is 9.12. The summed E-state index contributed by atoms with van der Waals surface area (Å²) in [4.78, 5) is 0. The molecule has 0 amide bonds. The van der Waals surface area contributed by atoms with E-state index in [1.165, 1.54) is 36.1 Å². The van der Waals surface area contributed by atoms with Crippen LogP contribution in [0.2, 0.25) is 0 Å². The van der Waals surface area contributed by atoms with Crippen LogP contribution < -0.4 is 0 Å². The summed E-state index contributed by atoms with van der Waals surface area (Å²) in [7, 11) is 3.48. The predicted molar refractivity (Wildman–Crippen MR) is 169 cm³/mol. The zero-order chi connectivity index (χ0) is 33.4. The number of nitrogens with zero attached hydrogens (tertiary/aromatic N) is 2. The van der Waals surface area contributed by atoms with Crippen molar-refractivity contribution in [2.75, 3.05) is 20.7 Å². The van der Waals surface area contributed by atoms with Gasteiger partial charge in [-0.2, -0.15) is 0 Å². The molecule has 1 saturated heterocycles. The maximum atomic E-state index is 13.7. The van der Waals surface area contributed by atoms with Gasteiger partial charge in [0, 0.05) is 0 Å². The van der Waals surface area contributed by atoms with Crippen LogP contribution in [-0.4, -0.2) is 45.1 Å². The maximum absolute atomic E-state index is 13.7. The molecule has 1 fully saturated rings. The number of benzene rings is 2. The molecule has 1 heterocycles. The van der Waals surface area contributed by atoms with Gasteiger partial charge < -0.3 is 0 Å². The van der Waals surface area contributed by atoms with Crippen molar-refractivity contribution >= 4 is 21.1 Å². The van der Waals surface area contributed by atoms with Crippen molar-refractivity contribution in [3.8, 4) is 0 Å². The molecule has 4 rings (SSSR count). The molecule has 0 aromatic heterocycles. The average molecular weight is 718 g/mol. The predicted octanol–water partition coefficient (Wildman–Crippen LogP) is 10.7. The number of hydrogen-bond acceptors (Lipinski definition) is 3. The van der Waals surface area contributed by atoms with Gasteiger partial charge in [-0.3, -0.25) is 0 Å². The Bertz CT molecular complexity index is 1470. The fourth-order valence-electron chi connectivity index (χ4n) is 6.68. The normalized spacial score (nSPS) is 22.4. The van der Waals surface area contributed by atoms with Crippen molar-refractivity contribution in [1.29, 1.82) is 0 Å². The van der Waals surface area contributed by atoms with Crippen LogP contribution >= 0.6 is 6.04 Å². The van der Waals surface area contributed by atoms with Crippen LogP contribution in [0, 0.1) is 5.41 Å². The molecular formula is C34H41F6N2OPSe. The van der Waals surface area contributed by atoms with E-state index in [0.717, 1.165) is 49.1 Å².